The number of nitrogens with zero attached hydrogens (tertiary/aromatic N) is 2. The van der Waals surface area contributed by atoms with Gasteiger partial charge in [0, 0.05) is 6.20 Å². The highest BCUT2D eigenvalue weighted by Gasteiger charge is 2.26. The van der Waals surface area contributed by atoms with Crippen LogP contribution in [0, 0.1) is 11.3 Å². The van der Waals surface area contributed by atoms with Crippen LogP contribution in [0.15, 0.2) is 11.1 Å². The van der Waals surface area contributed by atoms with E-state index < -0.39 is 37.6 Å². The summed E-state index contributed by atoms with van der Waals surface area (Å²) >= 11 is 5.40. The maximum atomic E-state index is 12.4. The monoisotopic (exact) mass is 267 g/mol. The Balaban J connectivity index is 3.74. The fourth-order valence-corrected chi connectivity index (χ4v) is 2.23. The summed E-state index contributed by atoms with van der Waals surface area (Å²) in [6, 6.07) is 1.33. The molecule has 0 saturated heterocycles. The third-order valence-corrected chi connectivity index (χ3v) is 3.02. The van der Waals surface area contributed by atoms with Crippen molar-refractivity contribution in [2.75, 3.05) is 0 Å². The van der Waals surface area contributed by atoms with Crippen molar-refractivity contribution in [2.45, 2.75) is 11.3 Å². The van der Waals surface area contributed by atoms with E-state index in [1.165, 1.54) is 6.07 Å². The Morgan fingerprint density at radius 2 is 2.12 bits per heavy atom. The zero-order chi connectivity index (χ0) is 12.5. The van der Waals surface area contributed by atoms with Crippen molar-refractivity contribution in [1.29, 1.82) is 5.26 Å². The number of primary sulfonamides is 1. The van der Waals surface area contributed by atoms with Gasteiger partial charge in [0.05, 0.1) is 11.1 Å². The molecule has 16 heavy (non-hydrogen) atoms. The molecule has 5 nitrogen and oxygen atoms in total. The van der Waals surface area contributed by atoms with Crippen LogP contribution in [-0.2, 0) is 10.0 Å². The second-order valence-corrected chi connectivity index (χ2v) is 4.52. The summed E-state index contributed by atoms with van der Waals surface area (Å²) in [6.07, 6.45) is -2.40. The van der Waals surface area contributed by atoms with Crippen LogP contribution in [0.2, 0.25) is 5.15 Å². The van der Waals surface area contributed by atoms with Crippen LogP contribution in [0.5, 0.6) is 0 Å². The zero-order valence-electron chi connectivity index (χ0n) is 7.49. The maximum Gasteiger partial charge on any atom is 0.266 e. The average Bonchev–Trinajstić information content (AvgIpc) is 2.14. The standard InChI is InChI=1S/C7H4ClF2N3O2S/c8-6-5(16(12,14)15)3(1-11)4(2-13-6)7(9)10/h2,7H,(H2,12,14,15). The lowest BCUT2D eigenvalue weighted by molar-refractivity contribution is 0.150. The predicted molar refractivity (Wildman–Crippen MR) is 50.3 cm³/mol. The Hall–Kier alpha value is -1.30. The lowest BCUT2D eigenvalue weighted by Gasteiger charge is -2.07. The van der Waals surface area contributed by atoms with Gasteiger partial charge in [-0.25, -0.2) is 27.3 Å². The van der Waals surface area contributed by atoms with Crippen molar-refractivity contribution >= 4 is 21.6 Å². The largest absolute Gasteiger partial charge is 0.266 e. The van der Waals surface area contributed by atoms with Gasteiger partial charge in [-0.15, -0.1) is 0 Å². The topological polar surface area (TPSA) is 96.8 Å². The molecule has 0 aliphatic rings. The smallest absolute Gasteiger partial charge is 0.243 e. The number of sulfonamides is 1. The van der Waals surface area contributed by atoms with Gasteiger partial charge >= 0.3 is 0 Å². The van der Waals surface area contributed by atoms with Crippen LogP contribution in [0.4, 0.5) is 8.78 Å². The van der Waals surface area contributed by atoms with Crippen LogP contribution < -0.4 is 5.14 Å². The molecule has 0 aliphatic heterocycles. The van der Waals surface area contributed by atoms with E-state index >= 15 is 0 Å². The molecule has 1 aromatic rings. The minimum atomic E-state index is -4.38. The highest BCUT2D eigenvalue weighted by atomic mass is 35.5. The van der Waals surface area contributed by atoms with E-state index in [1.807, 2.05) is 0 Å². The number of aromatic nitrogens is 1. The minimum absolute atomic E-state index is 0.608. The highest BCUT2D eigenvalue weighted by Crippen LogP contribution is 2.29. The van der Waals surface area contributed by atoms with Gasteiger partial charge < -0.3 is 0 Å². The molecule has 0 amide bonds. The first kappa shape index (κ1) is 12.8. The Morgan fingerprint density at radius 1 is 1.56 bits per heavy atom. The van der Waals surface area contributed by atoms with Gasteiger partial charge in [-0.1, -0.05) is 11.6 Å². The molecule has 0 aromatic carbocycles. The summed E-state index contributed by atoms with van der Waals surface area (Å²) in [6.45, 7) is 0. The second-order valence-electron chi connectivity index (χ2n) is 2.67. The van der Waals surface area contributed by atoms with Crippen molar-refractivity contribution in [3.05, 3.63) is 22.5 Å². The van der Waals surface area contributed by atoms with Gasteiger partial charge in [0.2, 0.25) is 10.0 Å². The molecule has 0 fully saturated rings. The molecule has 0 spiro atoms. The molecule has 1 rings (SSSR count). The highest BCUT2D eigenvalue weighted by molar-refractivity contribution is 7.89. The Kier molecular flexibility index (Phi) is 3.42. The Bertz CT molecular complexity index is 568. The van der Waals surface area contributed by atoms with Gasteiger partial charge in [0.1, 0.15) is 16.1 Å². The van der Waals surface area contributed by atoms with Gasteiger partial charge in [-0.2, -0.15) is 5.26 Å². The van der Waals surface area contributed by atoms with Crippen molar-refractivity contribution < 1.29 is 17.2 Å². The number of hydrogen-bond donors (Lipinski definition) is 1. The molecule has 1 heterocycles. The molecule has 0 radical (unpaired) electrons. The quantitative estimate of drug-likeness (QED) is 0.814. The van der Waals surface area contributed by atoms with Gasteiger partial charge in [0.25, 0.3) is 6.43 Å². The van der Waals surface area contributed by atoms with Gasteiger partial charge in [-0.05, 0) is 0 Å². The average molecular weight is 268 g/mol. The number of rotatable bonds is 2. The van der Waals surface area contributed by atoms with Gasteiger partial charge in [-0.3, -0.25) is 0 Å². The van der Waals surface area contributed by atoms with E-state index in [0.29, 0.717) is 6.20 Å². The summed E-state index contributed by atoms with van der Waals surface area (Å²) in [5, 5.41) is 12.8. The normalized spacial score (nSPS) is 11.5. The fourth-order valence-electron chi connectivity index (χ4n) is 1.02. The first-order valence-corrected chi connectivity index (χ1v) is 5.61. The molecule has 0 unspecified atom stereocenters. The summed E-state index contributed by atoms with van der Waals surface area (Å²) in [5.41, 5.74) is -1.60. The van der Waals surface area contributed by atoms with E-state index in [1.54, 1.807) is 0 Å². The Labute approximate surface area is 94.5 Å². The molecule has 2 N–H and O–H groups in total. The number of halogens is 3. The van der Waals surface area contributed by atoms with Crippen molar-refractivity contribution in [2.24, 2.45) is 5.14 Å². The van der Waals surface area contributed by atoms with Crippen LogP contribution in [-0.4, -0.2) is 13.4 Å². The summed E-state index contributed by atoms with van der Waals surface area (Å²) in [5.74, 6) is 0. The molecule has 9 heteroatoms. The van der Waals surface area contributed by atoms with Gasteiger partial charge in [0.15, 0.2) is 0 Å². The number of pyridine rings is 1. The number of hydrogen-bond acceptors (Lipinski definition) is 4. The molecule has 0 bridgehead atoms. The lowest BCUT2D eigenvalue weighted by Crippen LogP contribution is -2.16. The molecule has 86 valence electrons. The van der Waals surface area contributed by atoms with Crippen LogP contribution in [0.1, 0.15) is 17.6 Å². The molecular formula is C7H4ClF2N3O2S. The van der Waals surface area contributed by atoms with Crippen molar-refractivity contribution in [3.63, 3.8) is 0 Å². The molecule has 0 aliphatic carbocycles. The Morgan fingerprint density at radius 3 is 2.50 bits per heavy atom. The third-order valence-electron chi connectivity index (χ3n) is 1.65. The van der Waals surface area contributed by atoms with Crippen LogP contribution in [0.25, 0.3) is 0 Å². The molecule has 1 aromatic heterocycles. The predicted octanol–water partition coefficient (Wildman–Crippen LogP) is 1.19. The van der Waals surface area contributed by atoms with E-state index in [-0.39, 0.29) is 0 Å². The summed E-state index contributed by atoms with van der Waals surface area (Å²) in [4.78, 5) is 2.37. The third kappa shape index (κ3) is 2.27. The van der Waals surface area contributed by atoms with E-state index in [4.69, 9.17) is 22.0 Å². The molecule has 0 saturated carbocycles. The summed E-state index contributed by atoms with van der Waals surface area (Å²) < 4.78 is 47.0. The van der Waals surface area contributed by atoms with Crippen LogP contribution in [0.3, 0.4) is 0 Å². The second kappa shape index (κ2) is 4.29. The molecular weight excluding hydrogens is 264 g/mol. The fraction of sp³-hybridized carbons (Fsp3) is 0.143. The number of nitrogens with two attached hydrogens (primary N) is 1. The van der Waals surface area contributed by atoms with E-state index in [2.05, 4.69) is 4.98 Å². The van der Waals surface area contributed by atoms with Crippen molar-refractivity contribution in [1.82, 2.24) is 4.98 Å². The first-order chi connectivity index (χ1) is 7.29. The van der Waals surface area contributed by atoms with E-state index in [9.17, 15) is 17.2 Å². The maximum absolute atomic E-state index is 12.4. The minimum Gasteiger partial charge on any atom is -0.243 e. The SMILES string of the molecule is N#Cc1c(C(F)F)cnc(Cl)c1S(N)(=O)=O. The summed E-state index contributed by atoms with van der Waals surface area (Å²) in [7, 11) is -4.38. The van der Waals surface area contributed by atoms with E-state index in [0.717, 1.165) is 0 Å². The first-order valence-electron chi connectivity index (χ1n) is 3.68. The number of alkyl halides is 2. The van der Waals surface area contributed by atoms with Crippen molar-refractivity contribution in [3.8, 4) is 6.07 Å². The zero-order valence-corrected chi connectivity index (χ0v) is 9.06. The van der Waals surface area contributed by atoms with Crippen LogP contribution >= 0.6 is 11.6 Å². The molecule has 0 atom stereocenters. The lowest BCUT2D eigenvalue weighted by atomic mass is 10.1. The number of nitriles is 1.